The highest BCUT2D eigenvalue weighted by molar-refractivity contribution is 5.79. The number of aliphatic hydroxyl groups is 1. The van der Waals surface area contributed by atoms with Crippen LogP contribution in [-0.2, 0) is 17.7 Å². The maximum Gasteiger partial charge on any atom is 0.252 e. The molecular weight excluding hydrogens is 458 g/mol. The molecular formula is C27H35N5O4. The number of hydrogen-bond donors (Lipinski definition) is 1. The number of hydrogen-bond acceptors (Lipinski definition) is 8. The van der Waals surface area contributed by atoms with Gasteiger partial charge in [0.1, 0.15) is 11.4 Å². The lowest BCUT2D eigenvalue weighted by Gasteiger charge is -2.27. The van der Waals surface area contributed by atoms with Crippen LogP contribution in [0.3, 0.4) is 0 Å². The number of anilines is 1. The highest BCUT2D eigenvalue weighted by Gasteiger charge is 2.27. The van der Waals surface area contributed by atoms with Gasteiger partial charge in [-0.25, -0.2) is 4.98 Å². The van der Waals surface area contributed by atoms with Crippen molar-refractivity contribution in [3.63, 3.8) is 0 Å². The largest absolute Gasteiger partial charge is 0.496 e. The van der Waals surface area contributed by atoms with E-state index >= 15 is 0 Å². The van der Waals surface area contributed by atoms with Gasteiger partial charge in [0, 0.05) is 43.8 Å². The van der Waals surface area contributed by atoms with Gasteiger partial charge in [-0.3, -0.25) is 14.3 Å². The van der Waals surface area contributed by atoms with Crippen LogP contribution in [0.15, 0.2) is 35.3 Å². The summed E-state index contributed by atoms with van der Waals surface area (Å²) in [6, 6.07) is 7.73. The first-order valence-corrected chi connectivity index (χ1v) is 12.8. The molecule has 2 fully saturated rings. The number of aliphatic hydroxyl groups excluding tert-OH is 1. The van der Waals surface area contributed by atoms with Gasteiger partial charge in [0.15, 0.2) is 0 Å². The molecule has 0 aliphatic carbocycles. The second-order valence-corrected chi connectivity index (χ2v) is 9.68. The fraction of sp³-hybridized carbons (Fsp3) is 0.519. The van der Waals surface area contributed by atoms with E-state index in [2.05, 4.69) is 9.80 Å². The highest BCUT2D eigenvalue weighted by Crippen LogP contribution is 2.26. The van der Waals surface area contributed by atoms with Crippen LogP contribution in [0.4, 0.5) is 5.95 Å². The van der Waals surface area contributed by atoms with E-state index in [0.29, 0.717) is 18.1 Å². The van der Waals surface area contributed by atoms with E-state index in [1.807, 2.05) is 31.3 Å². The number of aromatic nitrogens is 3. The summed E-state index contributed by atoms with van der Waals surface area (Å²) in [5, 5.41) is 10.7. The molecule has 2 aliphatic heterocycles. The Morgan fingerprint density at radius 1 is 1.19 bits per heavy atom. The van der Waals surface area contributed by atoms with Gasteiger partial charge < -0.3 is 19.5 Å². The van der Waals surface area contributed by atoms with E-state index in [0.717, 1.165) is 86.5 Å². The Hall–Kier alpha value is -3.01. The number of morpholine rings is 1. The Balaban J connectivity index is 1.54. The van der Waals surface area contributed by atoms with E-state index < -0.39 is 0 Å². The van der Waals surface area contributed by atoms with Gasteiger partial charge in [0.25, 0.3) is 5.56 Å². The van der Waals surface area contributed by atoms with Gasteiger partial charge in [-0.2, -0.15) is 4.98 Å². The predicted octanol–water partition coefficient (Wildman–Crippen LogP) is 1.99. The zero-order chi connectivity index (χ0) is 25.1. The molecule has 2 saturated heterocycles. The molecule has 0 radical (unpaired) electrons. The van der Waals surface area contributed by atoms with Crippen molar-refractivity contribution < 1.29 is 14.6 Å². The van der Waals surface area contributed by atoms with E-state index in [1.54, 1.807) is 17.7 Å². The molecule has 192 valence electrons. The Kier molecular flexibility index (Phi) is 7.50. The molecule has 0 bridgehead atoms. The van der Waals surface area contributed by atoms with E-state index in [4.69, 9.17) is 19.4 Å². The summed E-state index contributed by atoms with van der Waals surface area (Å²) in [5.41, 5.74) is 3.56. The van der Waals surface area contributed by atoms with Crippen LogP contribution in [0.2, 0.25) is 0 Å². The first-order chi connectivity index (χ1) is 17.6. The fourth-order valence-electron chi connectivity index (χ4n) is 5.32. The molecule has 0 amide bonds. The standard InChI is InChI=1S/C27H35N5O4/c1-19-14-20(5-6-24(19)35-2)17-32-25(34)15-21(7-9-30-10-12-36-13-11-30)23-16-28-27(29-26(23)32)31-8-3-4-22(31)18-33/h5-6,14-16,22,33H,3-4,7-13,17-18H2,1-2H3/t22-/m0/s1. The van der Waals surface area contributed by atoms with Crippen LogP contribution in [0.5, 0.6) is 5.75 Å². The van der Waals surface area contributed by atoms with Crippen LogP contribution >= 0.6 is 0 Å². The SMILES string of the molecule is COc1ccc(Cn2c(=O)cc(CCN3CCOCC3)c3cnc(N4CCC[C@H]4CO)nc32)cc1C. The topological polar surface area (TPSA) is 93.0 Å². The number of pyridine rings is 1. The number of rotatable bonds is 8. The number of fused-ring (bicyclic) bond motifs is 1. The van der Waals surface area contributed by atoms with E-state index in [9.17, 15) is 9.90 Å². The third kappa shape index (κ3) is 5.09. The molecule has 0 spiro atoms. The summed E-state index contributed by atoms with van der Waals surface area (Å²) in [6.07, 6.45) is 4.51. The molecule has 9 nitrogen and oxygen atoms in total. The van der Waals surface area contributed by atoms with Crippen molar-refractivity contribution in [2.24, 2.45) is 0 Å². The zero-order valence-corrected chi connectivity index (χ0v) is 21.2. The average molecular weight is 494 g/mol. The molecule has 4 heterocycles. The number of aryl methyl sites for hydroxylation is 1. The maximum absolute atomic E-state index is 13.5. The Morgan fingerprint density at radius 3 is 2.78 bits per heavy atom. The molecule has 36 heavy (non-hydrogen) atoms. The number of benzene rings is 1. The number of ether oxygens (including phenoxy) is 2. The molecule has 0 unspecified atom stereocenters. The van der Waals surface area contributed by atoms with Gasteiger partial charge in [-0.1, -0.05) is 12.1 Å². The van der Waals surface area contributed by atoms with Gasteiger partial charge >= 0.3 is 0 Å². The molecule has 3 aromatic rings. The first-order valence-electron chi connectivity index (χ1n) is 12.8. The van der Waals surface area contributed by atoms with Crippen molar-refractivity contribution in [1.29, 1.82) is 0 Å². The summed E-state index contributed by atoms with van der Waals surface area (Å²) in [5.74, 6) is 1.39. The zero-order valence-electron chi connectivity index (χ0n) is 21.2. The minimum Gasteiger partial charge on any atom is -0.496 e. The Morgan fingerprint density at radius 2 is 2.03 bits per heavy atom. The molecule has 0 saturated carbocycles. The van der Waals surface area contributed by atoms with Crippen LogP contribution < -0.4 is 15.2 Å². The normalized spacial score (nSPS) is 18.8. The van der Waals surface area contributed by atoms with Crippen LogP contribution in [0.1, 0.15) is 29.5 Å². The molecule has 1 aromatic carbocycles. The number of methoxy groups -OCH3 is 1. The second-order valence-electron chi connectivity index (χ2n) is 9.68. The van der Waals surface area contributed by atoms with Crippen molar-refractivity contribution in [3.8, 4) is 5.75 Å². The molecule has 2 aromatic heterocycles. The van der Waals surface area contributed by atoms with Crippen LogP contribution in [0.25, 0.3) is 11.0 Å². The second kappa shape index (κ2) is 10.9. The maximum atomic E-state index is 13.5. The van der Waals surface area contributed by atoms with Gasteiger partial charge in [0.2, 0.25) is 5.95 Å². The minimum atomic E-state index is -0.0715. The first kappa shape index (κ1) is 24.7. The smallest absolute Gasteiger partial charge is 0.252 e. The third-order valence-corrected chi connectivity index (χ3v) is 7.37. The Bertz CT molecular complexity index is 1270. The highest BCUT2D eigenvalue weighted by atomic mass is 16.5. The number of nitrogens with zero attached hydrogens (tertiary/aromatic N) is 5. The van der Waals surface area contributed by atoms with Crippen LogP contribution in [-0.4, -0.2) is 83.7 Å². The molecule has 1 N–H and O–H groups in total. The van der Waals surface area contributed by atoms with Gasteiger partial charge in [-0.05, 0) is 48.9 Å². The van der Waals surface area contributed by atoms with Crippen molar-refractivity contribution in [1.82, 2.24) is 19.4 Å². The van der Waals surface area contributed by atoms with E-state index in [1.165, 1.54) is 0 Å². The predicted molar refractivity (Wildman–Crippen MR) is 139 cm³/mol. The monoisotopic (exact) mass is 493 g/mol. The Labute approximate surface area is 211 Å². The van der Waals surface area contributed by atoms with Crippen molar-refractivity contribution in [3.05, 3.63) is 57.5 Å². The summed E-state index contributed by atoms with van der Waals surface area (Å²) in [7, 11) is 1.66. The lowest BCUT2D eigenvalue weighted by atomic mass is 10.1. The van der Waals surface area contributed by atoms with Crippen molar-refractivity contribution in [2.45, 2.75) is 38.8 Å². The summed E-state index contributed by atoms with van der Waals surface area (Å²) >= 11 is 0. The average Bonchev–Trinajstić information content (AvgIpc) is 3.39. The van der Waals surface area contributed by atoms with Crippen molar-refractivity contribution >= 4 is 17.0 Å². The summed E-state index contributed by atoms with van der Waals surface area (Å²) < 4.78 is 12.6. The van der Waals surface area contributed by atoms with Crippen molar-refractivity contribution in [2.75, 3.05) is 58.0 Å². The molecule has 5 rings (SSSR count). The summed E-state index contributed by atoms with van der Waals surface area (Å²) in [6.45, 7) is 7.45. The molecule has 9 heteroatoms. The van der Waals surface area contributed by atoms with Gasteiger partial charge in [-0.15, -0.1) is 0 Å². The quantitative estimate of drug-likeness (QED) is 0.509. The summed E-state index contributed by atoms with van der Waals surface area (Å²) in [4.78, 5) is 27.5. The van der Waals surface area contributed by atoms with Gasteiger partial charge in [0.05, 0.1) is 39.5 Å². The lowest BCUT2D eigenvalue weighted by Crippen LogP contribution is -2.37. The van der Waals surface area contributed by atoms with Crippen LogP contribution in [0, 0.1) is 6.92 Å². The molecule has 1 atom stereocenters. The molecule has 2 aliphatic rings. The minimum absolute atomic E-state index is 0.0105. The van der Waals surface area contributed by atoms with E-state index in [-0.39, 0.29) is 18.2 Å². The third-order valence-electron chi connectivity index (χ3n) is 7.37. The lowest BCUT2D eigenvalue weighted by molar-refractivity contribution is 0.0385. The fourth-order valence-corrected chi connectivity index (χ4v) is 5.32.